The van der Waals surface area contributed by atoms with Crippen molar-refractivity contribution >= 4 is 34.8 Å². The standard InChI is InChI=1S/C11H12Cl2N2O/c1-2-6-14-7-10(16)15-9-5-3-4-8(12)11(9)13/h2-5,14H,1,6-7H2,(H,15,16). The van der Waals surface area contributed by atoms with E-state index in [2.05, 4.69) is 17.2 Å². The van der Waals surface area contributed by atoms with Gasteiger partial charge in [-0.25, -0.2) is 0 Å². The third kappa shape index (κ3) is 3.85. The van der Waals surface area contributed by atoms with Crippen LogP contribution in [0.5, 0.6) is 0 Å². The van der Waals surface area contributed by atoms with Gasteiger partial charge in [-0.2, -0.15) is 0 Å². The molecular formula is C11H12Cl2N2O. The van der Waals surface area contributed by atoms with E-state index in [-0.39, 0.29) is 12.5 Å². The van der Waals surface area contributed by atoms with E-state index in [1.165, 1.54) is 0 Å². The summed E-state index contributed by atoms with van der Waals surface area (Å²) in [7, 11) is 0. The Morgan fingerprint density at radius 2 is 2.19 bits per heavy atom. The van der Waals surface area contributed by atoms with Gasteiger partial charge in [0.25, 0.3) is 0 Å². The van der Waals surface area contributed by atoms with Crippen molar-refractivity contribution in [1.82, 2.24) is 5.32 Å². The van der Waals surface area contributed by atoms with E-state index in [0.29, 0.717) is 22.3 Å². The summed E-state index contributed by atoms with van der Waals surface area (Å²) in [6, 6.07) is 5.08. The van der Waals surface area contributed by atoms with Crippen molar-refractivity contribution in [3.05, 3.63) is 40.9 Å². The number of amides is 1. The van der Waals surface area contributed by atoms with Gasteiger partial charge in [0.05, 0.1) is 22.3 Å². The number of benzene rings is 1. The maximum absolute atomic E-state index is 11.4. The Kier molecular flexibility index (Phi) is 5.32. The van der Waals surface area contributed by atoms with Crippen LogP contribution < -0.4 is 10.6 Å². The first kappa shape index (κ1) is 13.0. The van der Waals surface area contributed by atoms with Gasteiger partial charge in [0.1, 0.15) is 0 Å². The van der Waals surface area contributed by atoms with Crippen LogP contribution in [0.3, 0.4) is 0 Å². The lowest BCUT2D eigenvalue weighted by atomic mass is 10.3. The molecule has 0 spiro atoms. The summed E-state index contributed by atoms with van der Waals surface area (Å²) >= 11 is 11.7. The third-order valence-electron chi connectivity index (χ3n) is 1.80. The van der Waals surface area contributed by atoms with Crippen LogP contribution in [0.2, 0.25) is 10.0 Å². The van der Waals surface area contributed by atoms with Crippen molar-refractivity contribution in [3.63, 3.8) is 0 Å². The molecule has 3 nitrogen and oxygen atoms in total. The molecule has 0 aliphatic rings. The maximum atomic E-state index is 11.4. The van der Waals surface area contributed by atoms with Crippen LogP contribution in [0.1, 0.15) is 0 Å². The molecule has 0 aromatic heterocycles. The minimum Gasteiger partial charge on any atom is -0.324 e. The van der Waals surface area contributed by atoms with Gasteiger partial charge in [0, 0.05) is 6.54 Å². The zero-order valence-corrected chi connectivity index (χ0v) is 10.1. The predicted octanol–water partition coefficient (Wildman–Crippen LogP) is 2.71. The number of hydrogen-bond acceptors (Lipinski definition) is 2. The molecule has 0 aliphatic heterocycles. The van der Waals surface area contributed by atoms with Crippen LogP contribution in [0.4, 0.5) is 5.69 Å². The lowest BCUT2D eigenvalue weighted by Crippen LogP contribution is -2.28. The Morgan fingerprint density at radius 3 is 2.88 bits per heavy atom. The van der Waals surface area contributed by atoms with Crippen LogP contribution in [-0.4, -0.2) is 19.0 Å². The highest BCUT2D eigenvalue weighted by Crippen LogP contribution is 2.29. The molecule has 2 N–H and O–H groups in total. The van der Waals surface area contributed by atoms with E-state index < -0.39 is 0 Å². The molecule has 0 radical (unpaired) electrons. The van der Waals surface area contributed by atoms with Crippen LogP contribution >= 0.6 is 23.2 Å². The molecule has 1 aromatic rings. The topological polar surface area (TPSA) is 41.1 Å². The van der Waals surface area contributed by atoms with Gasteiger partial charge in [-0.05, 0) is 12.1 Å². The second-order valence-corrected chi connectivity index (χ2v) is 3.85. The molecule has 5 heteroatoms. The number of nitrogens with one attached hydrogen (secondary N) is 2. The number of rotatable bonds is 5. The van der Waals surface area contributed by atoms with Crippen LogP contribution in [-0.2, 0) is 4.79 Å². The SMILES string of the molecule is C=CCNCC(=O)Nc1cccc(Cl)c1Cl. The highest BCUT2D eigenvalue weighted by atomic mass is 35.5. The molecule has 0 heterocycles. The van der Waals surface area contributed by atoms with Gasteiger partial charge < -0.3 is 10.6 Å². The minimum atomic E-state index is -0.175. The number of carbonyl (C=O) groups is 1. The van der Waals surface area contributed by atoms with Gasteiger partial charge in [-0.3, -0.25) is 4.79 Å². The predicted molar refractivity (Wildman–Crippen MR) is 68.2 cm³/mol. The monoisotopic (exact) mass is 258 g/mol. The lowest BCUT2D eigenvalue weighted by Gasteiger charge is -2.08. The summed E-state index contributed by atoms with van der Waals surface area (Å²) in [4.78, 5) is 11.4. The van der Waals surface area contributed by atoms with E-state index >= 15 is 0 Å². The van der Waals surface area contributed by atoms with Crippen molar-refractivity contribution in [3.8, 4) is 0 Å². The molecule has 0 aliphatic carbocycles. The normalized spacial score (nSPS) is 9.88. The fraction of sp³-hybridized carbons (Fsp3) is 0.182. The first-order valence-corrected chi connectivity index (χ1v) is 5.46. The molecule has 0 saturated carbocycles. The van der Waals surface area contributed by atoms with Crippen LogP contribution in [0.15, 0.2) is 30.9 Å². The molecule has 1 amide bonds. The summed E-state index contributed by atoms with van der Waals surface area (Å²) in [5.41, 5.74) is 0.513. The van der Waals surface area contributed by atoms with Crippen LogP contribution in [0.25, 0.3) is 0 Å². The van der Waals surface area contributed by atoms with E-state index in [4.69, 9.17) is 23.2 Å². The molecular weight excluding hydrogens is 247 g/mol. The second kappa shape index (κ2) is 6.53. The Bertz CT molecular complexity index is 394. The first-order chi connectivity index (χ1) is 7.65. The zero-order chi connectivity index (χ0) is 12.0. The quantitative estimate of drug-likeness (QED) is 0.630. The van der Waals surface area contributed by atoms with Gasteiger partial charge in [-0.15, -0.1) is 6.58 Å². The Labute approximate surface area is 104 Å². The summed E-state index contributed by atoms with van der Waals surface area (Å²) in [5, 5.41) is 6.30. The molecule has 1 aromatic carbocycles. The first-order valence-electron chi connectivity index (χ1n) is 4.70. The van der Waals surface area contributed by atoms with E-state index in [9.17, 15) is 4.79 Å². The van der Waals surface area contributed by atoms with Crippen molar-refractivity contribution in [2.24, 2.45) is 0 Å². The number of hydrogen-bond donors (Lipinski definition) is 2. The van der Waals surface area contributed by atoms with E-state index in [0.717, 1.165) is 0 Å². The van der Waals surface area contributed by atoms with Crippen molar-refractivity contribution in [2.75, 3.05) is 18.4 Å². The number of anilines is 1. The summed E-state index contributed by atoms with van der Waals surface area (Å²) < 4.78 is 0. The van der Waals surface area contributed by atoms with Crippen LogP contribution in [0, 0.1) is 0 Å². The van der Waals surface area contributed by atoms with E-state index in [1.807, 2.05) is 0 Å². The van der Waals surface area contributed by atoms with Gasteiger partial charge in [-0.1, -0.05) is 35.3 Å². The average molecular weight is 259 g/mol. The van der Waals surface area contributed by atoms with Gasteiger partial charge in [0.15, 0.2) is 0 Å². The fourth-order valence-corrected chi connectivity index (χ4v) is 1.43. The summed E-state index contributed by atoms with van der Waals surface area (Å²) in [6.45, 7) is 4.32. The highest BCUT2D eigenvalue weighted by molar-refractivity contribution is 6.43. The Hall–Kier alpha value is -1.03. The molecule has 86 valence electrons. The zero-order valence-electron chi connectivity index (χ0n) is 8.59. The fourth-order valence-electron chi connectivity index (χ4n) is 1.08. The van der Waals surface area contributed by atoms with Crippen molar-refractivity contribution in [1.29, 1.82) is 0 Å². The highest BCUT2D eigenvalue weighted by Gasteiger charge is 2.07. The largest absolute Gasteiger partial charge is 0.324 e. The van der Waals surface area contributed by atoms with E-state index in [1.54, 1.807) is 24.3 Å². The average Bonchev–Trinajstić information content (AvgIpc) is 2.25. The van der Waals surface area contributed by atoms with Gasteiger partial charge in [0.2, 0.25) is 5.91 Å². The molecule has 0 atom stereocenters. The lowest BCUT2D eigenvalue weighted by molar-refractivity contribution is -0.115. The van der Waals surface area contributed by atoms with Crippen molar-refractivity contribution < 1.29 is 4.79 Å². The molecule has 0 saturated heterocycles. The smallest absolute Gasteiger partial charge is 0.238 e. The van der Waals surface area contributed by atoms with Gasteiger partial charge >= 0.3 is 0 Å². The molecule has 0 bridgehead atoms. The Morgan fingerprint density at radius 1 is 1.44 bits per heavy atom. The molecule has 0 unspecified atom stereocenters. The molecule has 0 fully saturated rings. The second-order valence-electron chi connectivity index (χ2n) is 3.07. The maximum Gasteiger partial charge on any atom is 0.238 e. The molecule has 16 heavy (non-hydrogen) atoms. The van der Waals surface area contributed by atoms with Crippen molar-refractivity contribution in [2.45, 2.75) is 0 Å². The summed E-state index contributed by atoms with van der Waals surface area (Å²) in [5.74, 6) is -0.175. The molecule has 1 rings (SSSR count). The number of carbonyl (C=O) groups excluding carboxylic acids is 1. The summed E-state index contributed by atoms with van der Waals surface area (Å²) in [6.07, 6.45) is 1.68. The minimum absolute atomic E-state index is 0.175. The number of halogens is 2. The Balaban J connectivity index is 2.56. The third-order valence-corrected chi connectivity index (χ3v) is 2.62.